The number of benzene rings is 6. The maximum Gasteiger partial charge on any atom is 0.237 e. The van der Waals surface area contributed by atoms with Crippen molar-refractivity contribution in [2.75, 3.05) is 0 Å². The third-order valence-corrected chi connectivity index (χ3v) is 7.57. The van der Waals surface area contributed by atoms with E-state index in [0.717, 1.165) is 11.1 Å². The fourth-order valence-electron chi connectivity index (χ4n) is 5.55. The van der Waals surface area contributed by atoms with Gasteiger partial charge in [0.15, 0.2) is 0 Å². The Bertz CT molecular complexity index is 1720. The number of primary amides is 2. The molecule has 0 fully saturated rings. The Labute approximate surface area is 220 Å². The van der Waals surface area contributed by atoms with Crippen LogP contribution in [0.2, 0.25) is 0 Å². The summed E-state index contributed by atoms with van der Waals surface area (Å²) in [7, 11) is 0. The molecular formula is C34H26N2O2. The normalized spacial score (nSPS) is 14.4. The Morgan fingerprint density at radius 2 is 1.03 bits per heavy atom. The minimum absolute atomic E-state index is 0.207. The first-order valence-corrected chi connectivity index (χ1v) is 12.6. The van der Waals surface area contributed by atoms with E-state index in [1.54, 1.807) is 6.08 Å². The van der Waals surface area contributed by atoms with Crippen molar-refractivity contribution in [3.8, 4) is 0 Å². The lowest BCUT2D eigenvalue weighted by Crippen LogP contribution is -2.46. The van der Waals surface area contributed by atoms with Crippen molar-refractivity contribution in [1.29, 1.82) is 0 Å². The number of hydrogen-bond donors (Lipinski definition) is 2. The standard InChI is InChI=1S/C20H12.C14H14N2O2/c1-5-13-6-2-11-17-18-12-4-8-14-7-3-10-16(20(14)18)15(9-1)19(13)17;15-12(17)14(13(16)18)8-6-11(7-9-14)10-4-2-1-3-5-10/h1-12H;1-8H,9H2,(H2,15,17)(H2,16,18). The second kappa shape index (κ2) is 9.16. The predicted molar refractivity (Wildman–Crippen MR) is 157 cm³/mol. The Kier molecular flexibility index (Phi) is 5.65. The lowest BCUT2D eigenvalue weighted by molar-refractivity contribution is -0.136. The summed E-state index contributed by atoms with van der Waals surface area (Å²) in [6, 6.07) is 36.1. The van der Waals surface area contributed by atoms with Gasteiger partial charge in [-0.05, 0) is 60.6 Å². The van der Waals surface area contributed by atoms with Crippen molar-refractivity contribution in [2.45, 2.75) is 6.42 Å². The van der Waals surface area contributed by atoms with Crippen LogP contribution in [-0.2, 0) is 9.59 Å². The maximum atomic E-state index is 11.4. The minimum atomic E-state index is -1.39. The highest BCUT2D eigenvalue weighted by Crippen LogP contribution is 2.39. The highest BCUT2D eigenvalue weighted by atomic mass is 16.2. The van der Waals surface area contributed by atoms with Crippen LogP contribution in [0.1, 0.15) is 12.0 Å². The lowest BCUT2D eigenvalue weighted by Gasteiger charge is -2.25. The molecule has 2 amide bonds. The molecule has 6 aromatic rings. The summed E-state index contributed by atoms with van der Waals surface area (Å²) >= 11 is 0. The molecule has 0 heterocycles. The van der Waals surface area contributed by atoms with Crippen LogP contribution in [0.4, 0.5) is 0 Å². The number of carbonyl (C=O) groups is 2. The summed E-state index contributed by atoms with van der Waals surface area (Å²) in [5.74, 6) is -1.43. The smallest absolute Gasteiger partial charge is 0.237 e. The maximum absolute atomic E-state index is 11.4. The van der Waals surface area contributed by atoms with Crippen LogP contribution in [0.5, 0.6) is 0 Å². The molecule has 0 spiro atoms. The summed E-state index contributed by atoms with van der Waals surface area (Å²) in [5.41, 5.74) is 11.1. The molecule has 6 aromatic carbocycles. The first-order chi connectivity index (χ1) is 18.5. The van der Waals surface area contributed by atoms with Gasteiger partial charge in [-0.15, -0.1) is 0 Å². The number of nitrogens with two attached hydrogens (primary N) is 2. The van der Waals surface area contributed by atoms with Gasteiger partial charge in [-0.25, -0.2) is 0 Å². The Hall–Kier alpha value is -4.96. The van der Waals surface area contributed by atoms with E-state index in [4.69, 9.17) is 11.5 Å². The van der Waals surface area contributed by atoms with Crippen molar-refractivity contribution in [2.24, 2.45) is 16.9 Å². The van der Waals surface area contributed by atoms with Crippen molar-refractivity contribution >= 4 is 60.5 Å². The molecule has 0 saturated carbocycles. The molecule has 7 rings (SSSR count). The van der Waals surface area contributed by atoms with Crippen molar-refractivity contribution < 1.29 is 9.59 Å². The van der Waals surface area contributed by atoms with Gasteiger partial charge in [0, 0.05) is 0 Å². The van der Waals surface area contributed by atoms with Crippen LogP contribution in [0.3, 0.4) is 0 Å². The van der Waals surface area contributed by atoms with Gasteiger partial charge in [0.05, 0.1) is 0 Å². The average molecular weight is 495 g/mol. The van der Waals surface area contributed by atoms with Gasteiger partial charge < -0.3 is 11.5 Å². The van der Waals surface area contributed by atoms with Crippen LogP contribution in [0, 0.1) is 5.41 Å². The molecule has 0 radical (unpaired) electrons. The quantitative estimate of drug-likeness (QED) is 0.162. The zero-order chi connectivity index (χ0) is 26.3. The molecule has 0 aromatic heterocycles. The number of amides is 2. The molecule has 1 aliphatic carbocycles. The minimum Gasteiger partial charge on any atom is -0.368 e. The Balaban J connectivity index is 0.000000140. The first kappa shape index (κ1) is 23.4. The molecule has 184 valence electrons. The topological polar surface area (TPSA) is 86.2 Å². The number of rotatable bonds is 3. The Morgan fingerprint density at radius 1 is 0.579 bits per heavy atom. The van der Waals surface area contributed by atoms with Gasteiger partial charge >= 0.3 is 0 Å². The number of carbonyl (C=O) groups excluding carboxylic acids is 2. The zero-order valence-electron chi connectivity index (χ0n) is 20.7. The monoisotopic (exact) mass is 494 g/mol. The average Bonchev–Trinajstić information content (AvgIpc) is 2.96. The number of hydrogen-bond acceptors (Lipinski definition) is 2. The van der Waals surface area contributed by atoms with Crippen molar-refractivity contribution in [3.05, 3.63) is 127 Å². The fraction of sp³-hybridized carbons (Fsp3) is 0.0588. The molecule has 0 unspecified atom stereocenters. The van der Waals surface area contributed by atoms with Gasteiger partial charge in [-0.3, -0.25) is 9.59 Å². The van der Waals surface area contributed by atoms with Crippen molar-refractivity contribution in [1.82, 2.24) is 0 Å². The summed E-state index contributed by atoms with van der Waals surface area (Å²) in [5, 5.41) is 10.9. The summed E-state index contributed by atoms with van der Waals surface area (Å²) < 4.78 is 0. The molecule has 0 aliphatic heterocycles. The zero-order valence-corrected chi connectivity index (χ0v) is 20.7. The van der Waals surface area contributed by atoms with Crippen LogP contribution in [0.15, 0.2) is 121 Å². The SMILES string of the molecule is NC(=O)C1(C(N)=O)C=CC(c2ccccc2)=CC1.c1cc2cccc3c4cccc5cccc(c(c1)c23)c54. The van der Waals surface area contributed by atoms with E-state index in [-0.39, 0.29) is 6.42 Å². The number of allylic oxidation sites excluding steroid dienone is 3. The van der Waals surface area contributed by atoms with Gasteiger partial charge in [0.25, 0.3) is 0 Å². The molecule has 4 N–H and O–H groups in total. The Morgan fingerprint density at radius 3 is 1.39 bits per heavy atom. The molecule has 4 nitrogen and oxygen atoms in total. The molecule has 0 atom stereocenters. The van der Waals surface area contributed by atoms with Gasteiger partial charge in [-0.2, -0.15) is 0 Å². The van der Waals surface area contributed by atoms with E-state index in [0.29, 0.717) is 0 Å². The lowest BCUT2D eigenvalue weighted by atomic mass is 9.78. The highest BCUT2D eigenvalue weighted by Gasteiger charge is 2.40. The summed E-state index contributed by atoms with van der Waals surface area (Å²) in [4.78, 5) is 22.8. The van der Waals surface area contributed by atoms with Crippen molar-refractivity contribution in [3.63, 3.8) is 0 Å². The van der Waals surface area contributed by atoms with E-state index in [9.17, 15) is 9.59 Å². The predicted octanol–water partition coefficient (Wildman–Crippen LogP) is 6.72. The molecule has 0 saturated heterocycles. The molecular weight excluding hydrogens is 468 g/mol. The van der Waals surface area contributed by atoms with E-state index in [2.05, 4.69) is 72.8 Å². The van der Waals surface area contributed by atoms with Crippen LogP contribution in [0.25, 0.3) is 48.7 Å². The molecule has 1 aliphatic rings. The number of fused-ring (bicyclic) bond motifs is 2. The largest absolute Gasteiger partial charge is 0.368 e. The third kappa shape index (κ3) is 3.70. The molecule has 4 heteroatoms. The van der Waals surface area contributed by atoms with Crippen LogP contribution < -0.4 is 11.5 Å². The summed E-state index contributed by atoms with van der Waals surface area (Å²) in [6.07, 6.45) is 5.23. The molecule has 0 bridgehead atoms. The van der Waals surface area contributed by atoms with Gasteiger partial charge in [0.2, 0.25) is 11.8 Å². The van der Waals surface area contributed by atoms with Crippen LogP contribution >= 0.6 is 0 Å². The van der Waals surface area contributed by atoms with E-state index >= 15 is 0 Å². The van der Waals surface area contributed by atoms with E-state index in [1.807, 2.05) is 36.4 Å². The van der Waals surface area contributed by atoms with Gasteiger partial charge in [-0.1, -0.05) is 121 Å². The van der Waals surface area contributed by atoms with E-state index in [1.165, 1.54) is 49.2 Å². The summed E-state index contributed by atoms with van der Waals surface area (Å²) in [6.45, 7) is 0. The third-order valence-electron chi connectivity index (χ3n) is 7.57. The second-order valence-corrected chi connectivity index (χ2v) is 9.68. The molecule has 38 heavy (non-hydrogen) atoms. The van der Waals surface area contributed by atoms with Gasteiger partial charge in [0.1, 0.15) is 5.41 Å². The highest BCUT2D eigenvalue weighted by molar-refractivity contribution is 6.32. The van der Waals surface area contributed by atoms with Crippen LogP contribution in [-0.4, -0.2) is 11.8 Å². The second-order valence-electron chi connectivity index (χ2n) is 9.68. The fourth-order valence-corrected chi connectivity index (χ4v) is 5.55. The van der Waals surface area contributed by atoms with E-state index < -0.39 is 17.2 Å². The first-order valence-electron chi connectivity index (χ1n) is 12.6.